The van der Waals surface area contributed by atoms with Gasteiger partial charge in [-0.1, -0.05) is 12.1 Å². The van der Waals surface area contributed by atoms with Gasteiger partial charge in [-0.15, -0.1) is 11.3 Å². The summed E-state index contributed by atoms with van der Waals surface area (Å²) in [4.78, 5) is 31.2. The first-order valence-corrected chi connectivity index (χ1v) is 9.98. The Morgan fingerprint density at radius 2 is 2.19 bits per heavy atom. The maximum absolute atomic E-state index is 12.7. The number of rotatable bonds is 3. The molecule has 4 N–H and O–H groups in total. The molecule has 2 aromatic rings. The highest BCUT2D eigenvalue weighted by molar-refractivity contribution is 7.15. The third-order valence-corrected chi connectivity index (χ3v) is 6.27. The number of hydrogen-bond donors (Lipinski definition) is 3. The molecule has 7 nitrogen and oxygen atoms in total. The Hall–Kier alpha value is -2.45. The maximum Gasteiger partial charge on any atom is 0.407 e. The summed E-state index contributed by atoms with van der Waals surface area (Å²) in [6, 6.07) is 7.18. The highest BCUT2D eigenvalue weighted by Crippen LogP contribution is 2.33. The number of benzene rings is 1. The molecule has 2 amide bonds. The lowest BCUT2D eigenvalue weighted by Gasteiger charge is -2.22. The standard InChI is InChI=1S/C19H22N4O3S/c20-13-6-7-14-16(10-13)27-18(21-14)22-17(24)12-4-1-3-11(9-12)15-5-2-8-23(15)19(25)26/h1,3-4,9,13,15H,2,5-8,10,20H2,(H,25,26)(H,21,22,24)/t13-,15+/m0/s1. The van der Waals surface area contributed by atoms with Gasteiger partial charge in [0.25, 0.3) is 5.91 Å². The number of aromatic nitrogens is 1. The molecule has 2 atom stereocenters. The topological polar surface area (TPSA) is 109 Å². The minimum Gasteiger partial charge on any atom is -0.465 e. The number of anilines is 1. The van der Waals surface area contributed by atoms with Crippen LogP contribution in [0, 0.1) is 0 Å². The van der Waals surface area contributed by atoms with Gasteiger partial charge in [0, 0.05) is 23.0 Å². The van der Waals surface area contributed by atoms with Crippen LogP contribution in [0.5, 0.6) is 0 Å². The van der Waals surface area contributed by atoms with E-state index in [1.165, 1.54) is 16.2 Å². The molecule has 0 spiro atoms. The van der Waals surface area contributed by atoms with E-state index in [0.29, 0.717) is 17.2 Å². The number of nitrogens with two attached hydrogens (primary N) is 1. The number of carboxylic acid groups (broad SMARTS) is 1. The molecular weight excluding hydrogens is 364 g/mol. The molecule has 1 aromatic carbocycles. The van der Waals surface area contributed by atoms with Crippen LogP contribution in [0.15, 0.2) is 24.3 Å². The van der Waals surface area contributed by atoms with E-state index in [4.69, 9.17) is 5.73 Å². The third-order valence-electron chi connectivity index (χ3n) is 5.23. The molecule has 1 fully saturated rings. The molecule has 2 aliphatic rings. The number of fused-ring (bicyclic) bond motifs is 1. The molecule has 4 rings (SSSR count). The van der Waals surface area contributed by atoms with Gasteiger partial charge in [0.05, 0.1) is 11.7 Å². The van der Waals surface area contributed by atoms with Crippen LogP contribution in [0.4, 0.5) is 9.93 Å². The molecule has 27 heavy (non-hydrogen) atoms. The molecular formula is C19H22N4O3S. The van der Waals surface area contributed by atoms with E-state index in [9.17, 15) is 14.7 Å². The Labute approximate surface area is 161 Å². The second-order valence-corrected chi connectivity index (χ2v) is 8.19. The summed E-state index contributed by atoms with van der Waals surface area (Å²) in [5, 5.41) is 12.8. The Morgan fingerprint density at radius 3 is 3.00 bits per heavy atom. The lowest BCUT2D eigenvalue weighted by molar-refractivity contribution is 0.102. The number of aryl methyl sites for hydroxylation is 1. The van der Waals surface area contributed by atoms with Gasteiger partial charge in [-0.2, -0.15) is 0 Å². The molecule has 142 valence electrons. The van der Waals surface area contributed by atoms with Crippen LogP contribution in [0.1, 0.15) is 51.8 Å². The molecule has 1 saturated heterocycles. The van der Waals surface area contributed by atoms with Gasteiger partial charge in [0.15, 0.2) is 5.13 Å². The molecule has 1 aliphatic carbocycles. The van der Waals surface area contributed by atoms with Gasteiger partial charge in [-0.05, 0) is 49.8 Å². The SMILES string of the molecule is N[C@H]1CCc2nc(NC(=O)c3cccc([C@H]4CCCN4C(=O)O)c3)sc2C1. The molecule has 0 bridgehead atoms. The van der Waals surface area contributed by atoms with Crippen molar-refractivity contribution in [3.05, 3.63) is 46.0 Å². The van der Waals surface area contributed by atoms with Crippen molar-refractivity contribution in [3.63, 3.8) is 0 Å². The third kappa shape index (κ3) is 3.68. The van der Waals surface area contributed by atoms with Crippen LogP contribution >= 0.6 is 11.3 Å². The van der Waals surface area contributed by atoms with Crippen molar-refractivity contribution in [2.75, 3.05) is 11.9 Å². The minimum atomic E-state index is -0.918. The van der Waals surface area contributed by atoms with Crippen LogP contribution in [-0.2, 0) is 12.8 Å². The summed E-state index contributed by atoms with van der Waals surface area (Å²) >= 11 is 1.49. The number of thiazole rings is 1. The van der Waals surface area contributed by atoms with Gasteiger partial charge in [0.2, 0.25) is 0 Å². The van der Waals surface area contributed by atoms with Gasteiger partial charge in [-0.3, -0.25) is 10.1 Å². The van der Waals surface area contributed by atoms with Gasteiger partial charge in [0.1, 0.15) is 0 Å². The Morgan fingerprint density at radius 1 is 1.33 bits per heavy atom. The van der Waals surface area contributed by atoms with E-state index in [2.05, 4.69) is 10.3 Å². The van der Waals surface area contributed by atoms with Crippen molar-refractivity contribution in [1.29, 1.82) is 0 Å². The van der Waals surface area contributed by atoms with Crippen molar-refractivity contribution in [3.8, 4) is 0 Å². The summed E-state index contributed by atoms with van der Waals surface area (Å²) in [5.41, 5.74) is 8.40. The number of amides is 2. The van der Waals surface area contributed by atoms with Crippen LogP contribution in [-0.4, -0.2) is 39.6 Å². The van der Waals surface area contributed by atoms with E-state index >= 15 is 0 Å². The van der Waals surface area contributed by atoms with E-state index in [-0.39, 0.29) is 18.0 Å². The highest BCUT2D eigenvalue weighted by Gasteiger charge is 2.30. The van der Waals surface area contributed by atoms with E-state index < -0.39 is 6.09 Å². The maximum atomic E-state index is 12.7. The van der Waals surface area contributed by atoms with Gasteiger partial charge < -0.3 is 15.7 Å². The van der Waals surface area contributed by atoms with Crippen molar-refractivity contribution >= 4 is 28.5 Å². The van der Waals surface area contributed by atoms with Crippen LogP contribution in [0.2, 0.25) is 0 Å². The summed E-state index contributed by atoms with van der Waals surface area (Å²) in [7, 11) is 0. The van der Waals surface area contributed by atoms with Gasteiger partial charge >= 0.3 is 6.09 Å². The van der Waals surface area contributed by atoms with Crippen LogP contribution in [0.3, 0.4) is 0 Å². The second-order valence-electron chi connectivity index (χ2n) is 7.11. The van der Waals surface area contributed by atoms with E-state index in [1.807, 2.05) is 6.07 Å². The summed E-state index contributed by atoms with van der Waals surface area (Å²) in [6.07, 6.45) is 3.28. The van der Waals surface area contributed by atoms with E-state index in [0.717, 1.165) is 48.2 Å². The fourth-order valence-electron chi connectivity index (χ4n) is 3.85. The first-order valence-electron chi connectivity index (χ1n) is 9.16. The van der Waals surface area contributed by atoms with Crippen molar-refractivity contribution < 1.29 is 14.7 Å². The lowest BCUT2D eigenvalue weighted by Crippen LogP contribution is -2.28. The van der Waals surface area contributed by atoms with Crippen molar-refractivity contribution in [1.82, 2.24) is 9.88 Å². The Kier molecular flexibility index (Phi) is 4.84. The molecule has 0 saturated carbocycles. The molecule has 2 heterocycles. The quantitative estimate of drug-likeness (QED) is 0.751. The smallest absolute Gasteiger partial charge is 0.407 e. The summed E-state index contributed by atoms with van der Waals surface area (Å²) in [6.45, 7) is 0.531. The number of likely N-dealkylation sites (tertiary alicyclic amines) is 1. The second kappa shape index (κ2) is 7.28. The zero-order chi connectivity index (χ0) is 19.0. The molecule has 0 radical (unpaired) electrons. The fourth-order valence-corrected chi connectivity index (χ4v) is 4.95. The average molecular weight is 386 g/mol. The zero-order valence-corrected chi connectivity index (χ0v) is 15.7. The molecule has 1 aliphatic heterocycles. The number of nitrogens with one attached hydrogen (secondary N) is 1. The number of hydrogen-bond acceptors (Lipinski definition) is 5. The Bertz CT molecular complexity index is 882. The molecule has 1 aromatic heterocycles. The zero-order valence-electron chi connectivity index (χ0n) is 14.9. The predicted molar refractivity (Wildman–Crippen MR) is 103 cm³/mol. The molecule has 0 unspecified atom stereocenters. The van der Waals surface area contributed by atoms with Gasteiger partial charge in [-0.25, -0.2) is 9.78 Å². The minimum absolute atomic E-state index is 0.168. The van der Waals surface area contributed by atoms with E-state index in [1.54, 1.807) is 18.2 Å². The summed E-state index contributed by atoms with van der Waals surface area (Å²) in [5.74, 6) is -0.230. The average Bonchev–Trinajstić information content (AvgIpc) is 3.28. The largest absolute Gasteiger partial charge is 0.465 e. The summed E-state index contributed by atoms with van der Waals surface area (Å²) < 4.78 is 0. The number of carbonyl (C=O) groups is 2. The predicted octanol–water partition coefficient (Wildman–Crippen LogP) is 3.03. The molecule has 8 heteroatoms. The lowest BCUT2D eigenvalue weighted by atomic mass is 9.99. The Balaban J connectivity index is 1.50. The first kappa shape index (κ1) is 17.9. The normalized spacial score (nSPS) is 21.7. The fraction of sp³-hybridized carbons (Fsp3) is 0.421. The monoisotopic (exact) mass is 386 g/mol. The number of carbonyl (C=O) groups excluding carboxylic acids is 1. The van der Waals surface area contributed by atoms with Crippen LogP contribution < -0.4 is 11.1 Å². The van der Waals surface area contributed by atoms with Crippen molar-refractivity contribution in [2.24, 2.45) is 5.73 Å². The van der Waals surface area contributed by atoms with Crippen molar-refractivity contribution in [2.45, 2.75) is 44.2 Å². The number of nitrogens with zero attached hydrogens (tertiary/aromatic N) is 2. The van der Waals surface area contributed by atoms with Crippen LogP contribution in [0.25, 0.3) is 0 Å². The first-order chi connectivity index (χ1) is 13.0. The highest BCUT2D eigenvalue weighted by atomic mass is 32.1.